The van der Waals surface area contributed by atoms with Crippen LogP contribution in [0.25, 0.3) is 0 Å². The first-order valence-corrected chi connectivity index (χ1v) is 8.09. The zero-order valence-electron chi connectivity index (χ0n) is 13.2. The second-order valence-corrected chi connectivity index (χ2v) is 5.83. The molecule has 0 unspecified atom stereocenters. The summed E-state index contributed by atoms with van der Waals surface area (Å²) in [6.07, 6.45) is 4.51. The van der Waals surface area contributed by atoms with Crippen LogP contribution in [-0.4, -0.2) is 35.2 Å². The van der Waals surface area contributed by atoms with Gasteiger partial charge in [-0.05, 0) is 45.2 Å². The standard InChI is InChI=1S/C17H28N2O2/c1-3-19(15-10-8-14(18)9-11-15)12-13-6-5-7-16(17(13)20)21-4-2/h5-7,14-15,20H,3-4,8-12,18H2,1-2H3. The number of hydrogen-bond acceptors (Lipinski definition) is 4. The molecule has 2 rings (SSSR count). The van der Waals surface area contributed by atoms with E-state index in [1.165, 1.54) is 0 Å². The minimum Gasteiger partial charge on any atom is -0.504 e. The molecule has 0 amide bonds. The van der Waals surface area contributed by atoms with Gasteiger partial charge in [0.05, 0.1) is 6.61 Å². The zero-order valence-corrected chi connectivity index (χ0v) is 13.2. The van der Waals surface area contributed by atoms with Crippen LogP contribution in [0.5, 0.6) is 11.5 Å². The number of para-hydroxylation sites is 1. The molecule has 0 bridgehead atoms. The molecule has 1 aliphatic carbocycles. The molecule has 0 spiro atoms. The van der Waals surface area contributed by atoms with Gasteiger partial charge in [-0.3, -0.25) is 4.90 Å². The quantitative estimate of drug-likeness (QED) is 0.846. The lowest BCUT2D eigenvalue weighted by atomic mass is 9.90. The fourth-order valence-electron chi connectivity index (χ4n) is 3.15. The number of phenolic OH excluding ortho intramolecular Hbond substituents is 1. The number of hydrogen-bond donors (Lipinski definition) is 2. The Balaban J connectivity index is 2.06. The van der Waals surface area contributed by atoms with Crippen molar-refractivity contribution in [2.75, 3.05) is 13.2 Å². The highest BCUT2D eigenvalue weighted by Gasteiger charge is 2.24. The SMILES string of the molecule is CCOc1cccc(CN(CC)C2CCC(N)CC2)c1O. The van der Waals surface area contributed by atoms with Gasteiger partial charge in [0.15, 0.2) is 11.5 Å². The second-order valence-electron chi connectivity index (χ2n) is 5.83. The van der Waals surface area contributed by atoms with Crippen LogP contribution in [0, 0.1) is 0 Å². The predicted octanol–water partition coefficient (Wildman–Crippen LogP) is 2.88. The zero-order chi connectivity index (χ0) is 15.2. The molecular weight excluding hydrogens is 264 g/mol. The maximum atomic E-state index is 10.3. The van der Waals surface area contributed by atoms with E-state index in [-0.39, 0.29) is 5.75 Å². The maximum Gasteiger partial charge on any atom is 0.162 e. The van der Waals surface area contributed by atoms with Crippen molar-refractivity contribution in [1.82, 2.24) is 4.90 Å². The Morgan fingerprint density at radius 1 is 1.24 bits per heavy atom. The molecule has 4 heteroatoms. The van der Waals surface area contributed by atoms with Crippen molar-refractivity contribution in [2.24, 2.45) is 5.73 Å². The van der Waals surface area contributed by atoms with Gasteiger partial charge in [0.25, 0.3) is 0 Å². The third-order valence-electron chi connectivity index (χ3n) is 4.42. The van der Waals surface area contributed by atoms with Crippen LogP contribution in [0.3, 0.4) is 0 Å². The molecule has 21 heavy (non-hydrogen) atoms. The largest absolute Gasteiger partial charge is 0.504 e. The molecule has 1 aromatic rings. The van der Waals surface area contributed by atoms with Crippen molar-refractivity contribution < 1.29 is 9.84 Å². The first-order valence-electron chi connectivity index (χ1n) is 8.09. The van der Waals surface area contributed by atoms with Gasteiger partial charge in [-0.15, -0.1) is 0 Å². The molecule has 4 nitrogen and oxygen atoms in total. The van der Waals surface area contributed by atoms with Gasteiger partial charge < -0.3 is 15.6 Å². The van der Waals surface area contributed by atoms with Gasteiger partial charge in [0, 0.05) is 24.2 Å². The van der Waals surface area contributed by atoms with Crippen LogP contribution >= 0.6 is 0 Å². The highest BCUT2D eigenvalue weighted by atomic mass is 16.5. The minimum atomic E-state index is 0.283. The van der Waals surface area contributed by atoms with Crippen molar-refractivity contribution in [1.29, 1.82) is 0 Å². The Kier molecular flexibility index (Phi) is 5.88. The summed E-state index contributed by atoms with van der Waals surface area (Å²) < 4.78 is 5.47. The monoisotopic (exact) mass is 292 g/mol. The van der Waals surface area contributed by atoms with E-state index in [0.717, 1.165) is 44.3 Å². The molecule has 0 aliphatic heterocycles. The fourth-order valence-corrected chi connectivity index (χ4v) is 3.15. The number of rotatable bonds is 6. The smallest absolute Gasteiger partial charge is 0.162 e. The normalized spacial score (nSPS) is 22.5. The summed E-state index contributed by atoms with van der Waals surface area (Å²) in [6.45, 7) is 6.42. The number of benzene rings is 1. The Morgan fingerprint density at radius 3 is 2.57 bits per heavy atom. The molecule has 1 aliphatic rings. The Bertz CT molecular complexity index is 442. The average molecular weight is 292 g/mol. The molecule has 118 valence electrons. The van der Waals surface area contributed by atoms with Gasteiger partial charge >= 0.3 is 0 Å². The van der Waals surface area contributed by atoms with Gasteiger partial charge in [-0.1, -0.05) is 19.1 Å². The maximum absolute atomic E-state index is 10.3. The molecule has 0 atom stereocenters. The number of phenols is 1. The van der Waals surface area contributed by atoms with Gasteiger partial charge in [-0.25, -0.2) is 0 Å². The van der Waals surface area contributed by atoms with Crippen LogP contribution in [0.4, 0.5) is 0 Å². The second kappa shape index (κ2) is 7.66. The third-order valence-corrected chi connectivity index (χ3v) is 4.42. The highest BCUT2D eigenvalue weighted by molar-refractivity contribution is 5.45. The number of ether oxygens (including phenoxy) is 1. The van der Waals surface area contributed by atoms with Crippen molar-refractivity contribution in [2.45, 2.75) is 58.2 Å². The van der Waals surface area contributed by atoms with Crippen molar-refractivity contribution in [3.63, 3.8) is 0 Å². The average Bonchev–Trinajstić information content (AvgIpc) is 2.49. The molecule has 0 aromatic heterocycles. The van der Waals surface area contributed by atoms with E-state index in [0.29, 0.717) is 24.4 Å². The Labute approximate surface area is 127 Å². The van der Waals surface area contributed by atoms with Crippen LogP contribution < -0.4 is 10.5 Å². The van der Waals surface area contributed by atoms with E-state index in [9.17, 15) is 5.11 Å². The van der Waals surface area contributed by atoms with E-state index in [1.54, 1.807) is 0 Å². The lowest BCUT2D eigenvalue weighted by Gasteiger charge is -2.35. The molecule has 0 saturated heterocycles. The summed E-state index contributed by atoms with van der Waals surface area (Å²) >= 11 is 0. The molecule has 1 fully saturated rings. The van der Waals surface area contributed by atoms with Crippen molar-refractivity contribution >= 4 is 0 Å². The lowest BCUT2D eigenvalue weighted by molar-refractivity contribution is 0.148. The highest BCUT2D eigenvalue weighted by Crippen LogP contribution is 2.32. The lowest BCUT2D eigenvalue weighted by Crippen LogP contribution is -2.40. The molecular formula is C17H28N2O2. The van der Waals surface area contributed by atoms with E-state index >= 15 is 0 Å². The van der Waals surface area contributed by atoms with Crippen LogP contribution in [0.15, 0.2) is 18.2 Å². The fraction of sp³-hybridized carbons (Fsp3) is 0.647. The van der Waals surface area contributed by atoms with E-state index in [2.05, 4.69) is 11.8 Å². The summed E-state index contributed by atoms with van der Waals surface area (Å²) in [7, 11) is 0. The first kappa shape index (κ1) is 16.1. The Hall–Kier alpha value is -1.26. The minimum absolute atomic E-state index is 0.283. The third kappa shape index (κ3) is 4.11. The molecule has 3 N–H and O–H groups in total. The Morgan fingerprint density at radius 2 is 1.95 bits per heavy atom. The number of aromatic hydroxyl groups is 1. The van der Waals surface area contributed by atoms with Crippen molar-refractivity contribution in [3.05, 3.63) is 23.8 Å². The van der Waals surface area contributed by atoms with Crippen LogP contribution in [0.1, 0.15) is 45.1 Å². The van der Waals surface area contributed by atoms with Gasteiger partial charge in [0.2, 0.25) is 0 Å². The summed E-state index contributed by atoms with van der Waals surface area (Å²) in [5.74, 6) is 0.863. The topological polar surface area (TPSA) is 58.7 Å². The summed E-state index contributed by atoms with van der Waals surface area (Å²) in [5, 5.41) is 10.3. The van der Waals surface area contributed by atoms with E-state index in [1.807, 2.05) is 25.1 Å². The summed E-state index contributed by atoms with van der Waals surface area (Å²) in [5.41, 5.74) is 6.94. The summed E-state index contributed by atoms with van der Waals surface area (Å²) in [4.78, 5) is 2.44. The van der Waals surface area contributed by atoms with Crippen LogP contribution in [-0.2, 0) is 6.54 Å². The predicted molar refractivity (Wildman–Crippen MR) is 85.6 cm³/mol. The first-order chi connectivity index (χ1) is 10.2. The summed E-state index contributed by atoms with van der Waals surface area (Å²) in [6, 6.07) is 6.69. The molecule has 1 saturated carbocycles. The molecule has 0 heterocycles. The molecule has 1 aromatic carbocycles. The van der Waals surface area contributed by atoms with Gasteiger partial charge in [-0.2, -0.15) is 0 Å². The van der Waals surface area contributed by atoms with Crippen molar-refractivity contribution in [3.8, 4) is 11.5 Å². The molecule has 0 radical (unpaired) electrons. The number of nitrogens with two attached hydrogens (primary N) is 1. The van der Waals surface area contributed by atoms with Gasteiger partial charge in [0.1, 0.15) is 0 Å². The van der Waals surface area contributed by atoms with E-state index < -0.39 is 0 Å². The van der Waals surface area contributed by atoms with Crippen LogP contribution in [0.2, 0.25) is 0 Å². The number of nitrogens with zero attached hydrogens (tertiary/aromatic N) is 1. The van der Waals surface area contributed by atoms with E-state index in [4.69, 9.17) is 10.5 Å².